The topological polar surface area (TPSA) is 85.1 Å². The molecule has 0 radical (unpaired) electrons. The Morgan fingerprint density at radius 2 is 1.91 bits per heavy atom. The molecule has 0 bridgehead atoms. The van der Waals surface area contributed by atoms with E-state index >= 15 is 0 Å². The molecule has 5 rings (SSSR count). The summed E-state index contributed by atoms with van der Waals surface area (Å²) < 4.78 is 41.8. The molecule has 0 fully saturated rings. The van der Waals surface area contributed by atoms with E-state index in [0.717, 1.165) is 34.6 Å². The van der Waals surface area contributed by atoms with Gasteiger partial charge in [-0.25, -0.2) is 9.97 Å². The highest BCUT2D eigenvalue weighted by Gasteiger charge is 2.34. The van der Waals surface area contributed by atoms with Crippen molar-refractivity contribution < 1.29 is 13.2 Å². The first-order valence-corrected chi connectivity index (χ1v) is 10.3. The lowest BCUT2D eigenvalue weighted by molar-refractivity contribution is -0.137. The predicted octanol–water partition coefficient (Wildman–Crippen LogP) is 3.93. The highest BCUT2D eigenvalue weighted by molar-refractivity contribution is 5.69. The molecular weight excluding hydrogens is 433 g/mol. The first kappa shape index (κ1) is 21.0. The van der Waals surface area contributed by atoms with Crippen LogP contribution in [0.2, 0.25) is 0 Å². The van der Waals surface area contributed by atoms with E-state index in [9.17, 15) is 18.0 Å². The van der Waals surface area contributed by atoms with E-state index in [0.29, 0.717) is 30.0 Å². The van der Waals surface area contributed by atoms with Crippen molar-refractivity contribution in [3.8, 4) is 11.1 Å². The van der Waals surface area contributed by atoms with Crippen molar-refractivity contribution in [3.63, 3.8) is 0 Å². The van der Waals surface area contributed by atoms with E-state index in [4.69, 9.17) is 0 Å². The van der Waals surface area contributed by atoms with Crippen LogP contribution < -0.4 is 10.9 Å². The van der Waals surface area contributed by atoms with Gasteiger partial charge in [0.05, 0.1) is 11.3 Å². The summed E-state index contributed by atoms with van der Waals surface area (Å²) in [6, 6.07) is 4.03. The lowest BCUT2D eigenvalue weighted by Gasteiger charge is -2.27. The second-order valence-corrected chi connectivity index (χ2v) is 8.09. The Balaban J connectivity index is 1.56. The minimum atomic E-state index is -4.50. The standard InChI is InChI=1S/C23H19F3N6O/c1-12-13(2)22-28-6-4-19(33)32(22)31-20(12)16-8-14-7-15(9-29-21(14)30-10-16)17-11-27-5-3-18(17)23(24,25)26/h3-7,9,11,16H,8,10H2,1-2H3,(H,29,30). The van der Waals surface area contributed by atoms with Gasteiger partial charge in [0.15, 0.2) is 5.65 Å². The third-order valence-electron chi connectivity index (χ3n) is 6.09. The number of nitrogens with zero attached hydrogens (tertiary/aromatic N) is 5. The van der Waals surface area contributed by atoms with Crippen molar-refractivity contribution in [2.75, 3.05) is 11.9 Å². The molecule has 0 aliphatic carbocycles. The van der Waals surface area contributed by atoms with Crippen LogP contribution in [0.1, 0.15) is 33.9 Å². The predicted molar refractivity (Wildman–Crippen MR) is 116 cm³/mol. The van der Waals surface area contributed by atoms with Crippen LogP contribution in [0.25, 0.3) is 16.8 Å². The maximum Gasteiger partial charge on any atom is 0.417 e. The van der Waals surface area contributed by atoms with Crippen LogP contribution >= 0.6 is 0 Å². The number of nitrogens with one attached hydrogen (secondary N) is 1. The van der Waals surface area contributed by atoms with Crippen LogP contribution in [0.3, 0.4) is 0 Å². The molecule has 1 atom stereocenters. The number of anilines is 1. The largest absolute Gasteiger partial charge is 0.417 e. The van der Waals surface area contributed by atoms with Gasteiger partial charge in [0.25, 0.3) is 5.56 Å². The number of rotatable bonds is 2. The van der Waals surface area contributed by atoms with Gasteiger partial charge in [0.1, 0.15) is 5.82 Å². The van der Waals surface area contributed by atoms with E-state index in [1.807, 2.05) is 13.8 Å². The number of hydrogen-bond donors (Lipinski definition) is 1. The molecule has 1 aliphatic heterocycles. The fourth-order valence-corrected chi connectivity index (χ4v) is 4.28. The van der Waals surface area contributed by atoms with Crippen LogP contribution in [-0.2, 0) is 12.6 Å². The second-order valence-electron chi connectivity index (χ2n) is 8.09. The van der Waals surface area contributed by atoms with E-state index in [1.165, 1.54) is 29.2 Å². The number of halogens is 3. The van der Waals surface area contributed by atoms with Gasteiger partial charge in [-0.2, -0.15) is 22.8 Å². The average Bonchev–Trinajstić information content (AvgIpc) is 2.80. The molecule has 7 nitrogen and oxygen atoms in total. The van der Waals surface area contributed by atoms with Crippen molar-refractivity contribution >= 4 is 11.5 Å². The smallest absolute Gasteiger partial charge is 0.369 e. The number of pyridine rings is 2. The maximum absolute atomic E-state index is 13.5. The van der Waals surface area contributed by atoms with Crippen molar-refractivity contribution in [2.45, 2.75) is 32.4 Å². The van der Waals surface area contributed by atoms with Crippen molar-refractivity contribution in [3.05, 3.63) is 81.3 Å². The minimum Gasteiger partial charge on any atom is -0.369 e. The van der Waals surface area contributed by atoms with Gasteiger partial charge in [0, 0.05) is 54.4 Å². The second kappa shape index (κ2) is 7.65. The van der Waals surface area contributed by atoms with E-state index in [1.54, 1.807) is 6.07 Å². The molecule has 4 aromatic heterocycles. The van der Waals surface area contributed by atoms with E-state index in [-0.39, 0.29) is 17.0 Å². The van der Waals surface area contributed by atoms with Crippen molar-refractivity contribution in [1.82, 2.24) is 24.6 Å². The summed E-state index contributed by atoms with van der Waals surface area (Å²) in [5.74, 6) is 0.530. The summed E-state index contributed by atoms with van der Waals surface area (Å²) in [5.41, 5.74) is 3.12. The normalized spacial score (nSPS) is 15.8. The molecule has 0 spiro atoms. The molecule has 168 valence electrons. The van der Waals surface area contributed by atoms with Gasteiger partial charge < -0.3 is 5.32 Å². The van der Waals surface area contributed by atoms with Gasteiger partial charge in [-0.3, -0.25) is 9.78 Å². The Bertz CT molecular complexity index is 1450. The summed E-state index contributed by atoms with van der Waals surface area (Å²) >= 11 is 0. The Kier molecular flexibility index (Phi) is 4.88. The van der Waals surface area contributed by atoms with Gasteiger partial charge in [-0.1, -0.05) is 0 Å². The molecule has 33 heavy (non-hydrogen) atoms. The molecule has 0 amide bonds. The number of aryl methyl sites for hydroxylation is 1. The summed E-state index contributed by atoms with van der Waals surface area (Å²) in [6.45, 7) is 4.37. The van der Waals surface area contributed by atoms with Crippen LogP contribution in [0.15, 0.2) is 47.8 Å². The van der Waals surface area contributed by atoms with Gasteiger partial charge >= 0.3 is 6.18 Å². The molecule has 4 aromatic rings. The summed E-state index contributed by atoms with van der Waals surface area (Å²) in [6.07, 6.45) is 1.23. The number of alkyl halides is 3. The fraction of sp³-hybridized carbons (Fsp3) is 0.261. The summed E-state index contributed by atoms with van der Waals surface area (Å²) in [5, 5.41) is 7.83. The first-order chi connectivity index (χ1) is 15.7. The molecule has 0 saturated heterocycles. The van der Waals surface area contributed by atoms with Crippen molar-refractivity contribution in [1.29, 1.82) is 0 Å². The van der Waals surface area contributed by atoms with Crippen molar-refractivity contribution in [2.24, 2.45) is 0 Å². The Morgan fingerprint density at radius 3 is 2.70 bits per heavy atom. The number of fused-ring (bicyclic) bond motifs is 2. The average molecular weight is 452 g/mol. The van der Waals surface area contributed by atoms with Crippen LogP contribution in [-0.4, -0.2) is 31.1 Å². The zero-order valence-corrected chi connectivity index (χ0v) is 17.8. The van der Waals surface area contributed by atoms with Crippen LogP contribution in [0.5, 0.6) is 0 Å². The molecule has 0 saturated carbocycles. The monoisotopic (exact) mass is 452 g/mol. The SMILES string of the molecule is Cc1c(C2CNc3ncc(-c4cnccc4C(F)(F)F)cc3C2)nn2c(=O)ccnc2c1C. The van der Waals surface area contributed by atoms with Crippen LogP contribution in [0, 0.1) is 13.8 Å². The van der Waals surface area contributed by atoms with Gasteiger partial charge in [-0.15, -0.1) is 0 Å². The number of aromatic nitrogens is 5. The third kappa shape index (κ3) is 3.61. The zero-order valence-electron chi connectivity index (χ0n) is 17.8. The molecule has 5 heterocycles. The van der Waals surface area contributed by atoms with Gasteiger partial charge in [-0.05, 0) is 49.1 Å². The zero-order chi connectivity index (χ0) is 23.3. The maximum atomic E-state index is 13.5. The lowest BCUT2D eigenvalue weighted by atomic mass is 9.89. The minimum absolute atomic E-state index is 0.0177. The molecule has 10 heteroatoms. The first-order valence-electron chi connectivity index (χ1n) is 10.3. The fourth-order valence-electron chi connectivity index (χ4n) is 4.28. The molecule has 1 unspecified atom stereocenters. The quantitative estimate of drug-likeness (QED) is 0.496. The number of hydrogen-bond acceptors (Lipinski definition) is 6. The van der Waals surface area contributed by atoms with Gasteiger partial charge in [0.2, 0.25) is 0 Å². The third-order valence-corrected chi connectivity index (χ3v) is 6.09. The molecule has 0 aromatic carbocycles. The Hall–Kier alpha value is -3.82. The molecule has 1 N–H and O–H groups in total. The van der Waals surface area contributed by atoms with Crippen LogP contribution in [0.4, 0.5) is 19.0 Å². The lowest BCUT2D eigenvalue weighted by Crippen LogP contribution is -2.27. The molecular formula is C23H19F3N6O. The summed E-state index contributed by atoms with van der Waals surface area (Å²) in [7, 11) is 0. The molecule has 1 aliphatic rings. The Labute approximate surface area is 186 Å². The Morgan fingerprint density at radius 1 is 1.09 bits per heavy atom. The highest BCUT2D eigenvalue weighted by atomic mass is 19.4. The summed E-state index contributed by atoms with van der Waals surface area (Å²) in [4.78, 5) is 24.8. The van der Waals surface area contributed by atoms with E-state index in [2.05, 4.69) is 25.4 Å². The highest BCUT2D eigenvalue weighted by Crippen LogP contribution is 2.38. The van der Waals surface area contributed by atoms with E-state index < -0.39 is 11.7 Å².